The van der Waals surface area contributed by atoms with Crippen LogP contribution in [0.2, 0.25) is 5.02 Å². The Balaban J connectivity index is 3.19. The second-order valence-corrected chi connectivity index (χ2v) is 6.71. The molecule has 0 amide bonds. The number of carbonyl (C=O) groups is 2. The molecule has 122 valence electrons. The van der Waals surface area contributed by atoms with E-state index in [-0.39, 0.29) is 10.6 Å². The molecule has 1 aromatic rings. The van der Waals surface area contributed by atoms with E-state index in [0.29, 0.717) is 0 Å². The maximum absolute atomic E-state index is 12.2. The number of ether oxygens (including phenoxy) is 1. The van der Waals surface area contributed by atoms with Gasteiger partial charge >= 0.3 is 11.9 Å². The smallest absolute Gasteiger partial charge is 0.339 e. The van der Waals surface area contributed by atoms with E-state index in [9.17, 15) is 23.1 Å². The number of carbonyl (C=O) groups excluding carboxylic acids is 1. The van der Waals surface area contributed by atoms with Gasteiger partial charge < -0.3 is 14.9 Å². The molecule has 0 spiro atoms. The van der Waals surface area contributed by atoms with Crippen molar-refractivity contribution in [2.24, 2.45) is 0 Å². The van der Waals surface area contributed by atoms with E-state index in [1.54, 1.807) is 0 Å². The molecule has 1 aromatic carbocycles. The lowest BCUT2D eigenvalue weighted by Gasteiger charge is -2.19. The maximum atomic E-state index is 12.2. The number of aliphatic hydroxyl groups is 1. The van der Waals surface area contributed by atoms with Crippen molar-refractivity contribution in [1.29, 1.82) is 0 Å². The Morgan fingerprint density at radius 3 is 2.50 bits per heavy atom. The van der Waals surface area contributed by atoms with Gasteiger partial charge in [-0.25, -0.2) is 22.7 Å². The molecule has 0 aliphatic heterocycles. The summed E-state index contributed by atoms with van der Waals surface area (Å²) in [7, 11) is -3.19. The molecular formula is C12H14ClNO7S. The number of hydrogen-bond donors (Lipinski definition) is 3. The van der Waals surface area contributed by atoms with Crippen molar-refractivity contribution in [3.8, 4) is 0 Å². The number of methoxy groups -OCH3 is 1. The topological polar surface area (TPSA) is 130 Å². The molecule has 1 rings (SSSR count). The van der Waals surface area contributed by atoms with Crippen LogP contribution in [-0.4, -0.2) is 49.8 Å². The molecule has 1 atom stereocenters. The Labute approximate surface area is 131 Å². The minimum Gasteiger partial charge on any atom is -0.479 e. The number of rotatable bonds is 6. The zero-order valence-electron chi connectivity index (χ0n) is 11.7. The van der Waals surface area contributed by atoms with Crippen molar-refractivity contribution < 1.29 is 33.0 Å². The second-order valence-electron chi connectivity index (χ2n) is 4.54. The number of halogens is 1. The van der Waals surface area contributed by atoms with Crippen molar-refractivity contribution >= 4 is 33.6 Å². The number of esters is 1. The van der Waals surface area contributed by atoms with Crippen molar-refractivity contribution in [3.05, 3.63) is 28.8 Å². The number of nitrogens with one attached hydrogen (secondary N) is 1. The highest BCUT2D eigenvalue weighted by atomic mass is 35.5. The standard InChI is InChI=1S/C12H14ClNO7S/c1-12(18,11(16)17)6-14-22(19,20)9-4-3-7(13)5-8(9)10(15)21-2/h3-5,14,18H,6H2,1-2H3,(H,16,17). The van der Waals surface area contributed by atoms with Crippen LogP contribution in [0.5, 0.6) is 0 Å². The molecule has 0 bridgehead atoms. The van der Waals surface area contributed by atoms with Crippen LogP contribution in [0.1, 0.15) is 17.3 Å². The first-order valence-corrected chi connectivity index (χ1v) is 7.70. The highest BCUT2D eigenvalue weighted by Crippen LogP contribution is 2.21. The molecule has 0 saturated heterocycles. The zero-order chi connectivity index (χ0) is 17.1. The van der Waals surface area contributed by atoms with E-state index in [1.807, 2.05) is 4.72 Å². The van der Waals surface area contributed by atoms with E-state index in [4.69, 9.17) is 16.7 Å². The average molecular weight is 352 g/mol. The highest BCUT2D eigenvalue weighted by molar-refractivity contribution is 7.89. The minimum absolute atomic E-state index is 0.122. The van der Waals surface area contributed by atoms with Crippen LogP contribution in [0.3, 0.4) is 0 Å². The third-order valence-corrected chi connectivity index (χ3v) is 4.40. The number of benzene rings is 1. The molecular weight excluding hydrogens is 338 g/mol. The Bertz CT molecular complexity index is 699. The second kappa shape index (κ2) is 6.61. The molecule has 0 aliphatic carbocycles. The van der Waals surface area contributed by atoms with Crippen molar-refractivity contribution in [3.63, 3.8) is 0 Å². The predicted molar refractivity (Wildman–Crippen MR) is 76.2 cm³/mol. The van der Waals surface area contributed by atoms with Gasteiger partial charge in [0.05, 0.1) is 24.1 Å². The normalized spacial score (nSPS) is 14.2. The van der Waals surface area contributed by atoms with Gasteiger partial charge in [0.15, 0.2) is 5.60 Å². The zero-order valence-corrected chi connectivity index (χ0v) is 13.2. The third-order valence-electron chi connectivity index (χ3n) is 2.70. The van der Waals surface area contributed by atoms with Gasteiger partial charge in [0.2, 0.25) is 10.0 Å². The summed E-state index contributed by atoms with van der Waals surface area (Å²) in [6.07, 6.45) is 0. The first kappa shape index (κ1) is 18.4. The summed E-state index contributed by atoms with van der Waals surface area (Å²) < 4.78 is 30.8. The van der Waals surface area contributed by atoms with Gasteiger partial charge in [-0.05, 0) is 25.1 Å². The molecule has 0 aliphatic rings. The van der Waals surface area contributed by atoms with Crippen LogP contribution in [0.15, 0.2) is 23.1 Å². The molecule has 8 nitrogen and oxygen atoms in total. The lowest BCUT2D eigenvalue weighted by atomic mass is 10.1. The third kappa shape index (κ3) is 4.17. The number of carboxylic acids is 1. The van der Waals surface area contributed by atoms with Crippen LogP contribution in [0.4, 0.5) is 0 Å². The Morgan fingerprint density at radius 1 is 1.41 bits per heavy atom. The minimum atomic E-state index is -4.26. The molecule has 0 aromatic heterocycles. The van der Waals surface area contributed by atoms with Gasteiger partial charge in [0.1, 0.15) is 0 Å². The summed E-state index contributed by atoms with van der Waals surface area (Å²) in [5.74, 6) is -2.52. The molecule has 1 unspecified atom stereocenters. The summed E-state index contributed by atoms with van der Waals surface area (Å²) in [4.78, 5) is 22.0. The first-order valence-electron chi connectivity index (χ1n) is 5.84. The first-order chi connectivity index (χ1) is 10.0. The van der Waals surface area contributed by atoms with E-state index in [2.05, 4.69) is 4.74 Å². The van der Waals surface area contributed by atoms with Crippen LogP contribution in [0.25, 0.3) is 0 Å². The number of sulfonamides is 1. The van der Waals surface area contributed by atoms with Crippen LogP contribution in [-0.2, 0) is 19.6 Å². The molecule has 0 radical (unpaired) electrons. The number of hydrogen-bond acceptors (Lipinski definition) is 6. The van der Waals surface area contributed by atoms with Crippen LogP contribution in [0, 0.1) is 0 Å². The summed E-state index contributed by atoms with van der Waals surface area (Å²) in [6, 6.07) is 3.43. The quantitative estimate of drug-likeness (QED) is 0.626. The van der Waals surface area contributed by atoms with Gasteiger partial charge in [-0.3, -0.25) is 0 Å². The van der Waals surface area contributed by atoms with Gasteiger partial charge in [-0.1, -0.05) is 11.6 Å². The van der Waals surface area contributed by atoms with Crippen LogP contribution < -0.4 is 4.72 Å². The Hall–Kier alpha value is -1.68. The van der Waals surface area contributed by atoms with Gasteiger partial charge in [0.25, 0.3) is 0 Å². The Morgan fingerprint density at radius 2 is 2.00 bits per heavy atom. The lowest BCUT2D eigenvalue weighted by Crippen LogP contribution is -2.46. The van der Waals surface area contributed by atoms with Crippen molar-refractivity contribution in [1.82, 2.24) is 4.72 Å². The van der Waals surface area contributed by atoms with Gasteiger partial charge in [-0.15, -0.1) is 0 Å². The van der Waals surface area contributed by atoms with Gasteiger partial charge in [0, 0.05) is 5.02 Å². The fraction of sp³-hybridized carbons (Fsp3) is 0.333. The van der Waals surface area contributed by atoms with Crippen molar-refractivity contribution in [2.75, 3.05) is 13.7 Å². The maximum Gasteiger partial charge on any atom is 0.339 e. The summed E-state index contributed by atoms with van der Waals surface area (Å²) in [6.45, 7) is 0.148. The summed E-state index contributed by atoms with van der Waals surface area (Å²) in [5, 5.41) is 18.4. The SMILES string of the molecule is COC(=O)c1cc(Cl)ccc1S(=O)(=O)NCC(C)(O)C(=O)O. The van der Waals surface area contributed by atoms with E-state index >= 15 is 0 Å². The largest absolute Gasteiger partial charge is 0.479 e. The lowest BCUT2D eigenvalue weighted by molar-refractivity contribution is -0.155. The molecule has 22 heavy (non-hydrogen) atoms. The predicted octanol–water partition coefficient (Wildman–Crippen LogP) is 0.240. The van der Waals surface area contributed by atoms with E-state index < -0.39 is 39.0 Å². The van der Waals surface area contributed by atoms with Crippen molar-refractivity contribution in [2.45, 2.75) is 17.4 Å². The fourth-order valence-electron chi connectivity index (χ4n) is 1.39. The molecule has 10 heteroatoms. The fourth-order valence-corrected chi connectivity index (χ4v) is 2.87. The van der Waals surface area contributed by atoms with E-state index in [0.717, 1.165) is 26.2 Å². The number of carboxylic acid groups (broad SMARTS) is 1. The Kier molecular flexibility index (Phi) is 5.52. The van der Waals surface area contributed by atoms with E-state index in [1.165, 1.54) is 6.07 Å². The monoisotopic (exact) mass is 351 g/mol. The molecule has 0 fully saturated rings. The molecule has 3 N–H and O–H groups in total. The number of aliphatic carboxylic acids is 1. The van der Waals surface area contributed by atoms with Gasteiger partial charge in [-0.2, -0.15) is 0 Å². The summed E-state index contributed by atoms with van der Waals surface area (Å²) >= 11 is 5.72. The highest BCUT2D eigenvalue weighted by Gasteiger charge is 2.33. The van der Waals surface area contributed by atoms with Crippen LogP contribution >= 0.6 is 11.6 Å². The molecule has 0 heterocycles. The molecule has 0 saturated carbocycles. The average Bonchev–Trinajstić information content (AvgIpc) is 2.44. The summed E-state index contributed by atoms with van der Waals surface area (Å²) in [5.41, 5.74) is -2.61.